The summed E-state index contributed by atoms with van der Waals surface area (Å²) in [5, 5.41) is 11.7. The Labute approximate surface area is 116 Å². The predicted molar refractivity (Wildman–Crippen MR) is 72.2 cm³/mol. The monoisotopic (exact) mass is 278 g/mol. The Bertz CT molecular complexity index is 510. The molecule has 0 bridgehead atoms. The van der Waals surface area contributed by atoms with Crippen molar-refractivity contribution in [3.63, 3.8) is 0 Å². The van der Waals surface area contributed by atoms with Gasteiger partial charge in [0.25, 0.3) is 0 Å². The predicted octanol–water partition coefficient (Wildman–Crippen LogP) is 0.509. The second kappa shape index (κ2) is 6.02. The second-order valence-electron chi connectivity index (χ2n) is 4.96. The fraction of sp³-hybridized carbons (Fsp3) is 0.429. The third-order valence-electron chi connectivity index (χ3n) is 3.46. The lowest BCUT2D eigenvalue weighted by molar-refractivity contribution is -0.129. The molecule has 0 radical (unpaired) electrons. The number of rotatable bonds is 4. The highest BCUT2D eigenvalue weighted by molar-refractivity contribution is 5.88. The maximum Gasteiger partial charge on any atom is 0.335 e. The van der Waals surface area contributed by atoms with Crippen molar-refractivity contribution in [1.29, 1.82) is 0 Å². The van der Waals surface area contributed by atoms with Crippen LogP contribution in [-0.2, 0) is 16.1 Å². The summed E-state index contributed by atoms with van der Waals surface area (Å²) < 4.78 is 5.19. The van der Waals surface area contributed by atoms with Crippen LogP contribution in [0.25, 0.3) is 0 Å². The van der Waals surface area contributed by atoms with Crippen molar-refractivity contribution in [1.82, 2.24) is 5.32 Å². The Morgan fingerprint density at radius 3 is 2.70 bits per heavy atom. The van der Waals surface area contributed by atoms with Crippen LogP contribution in [0.1, 0.15) is 28.8 Å². The smallest absolute Gasteiger partial charge is 0.335 e. The molecule has 20 heavy (non-hydrogen) atoms. The first kappa shape index (κ1) is 14.5. The fourth-order valence-electron chi connectivity index (χ4n) is 2.14. The summed E-state index contributed by atoms with van der Waals surface area (Å²) in [5.74, 6) is -1.21. The molecule has 0 unspecified atom stereocenters. The first-order valence-electron chi connectivity index (χ1n) is 6.48. The van der Waals surface area contributed by atoms with Gasteiger partial charge in [0.1, 0.15) is 0 Å². The topological polar surface area (TPSA) is 102 Å². The molecule has 0 aromatic heterocycles. The zero-order chi connectivity index (χ0) is 14.6. The second-order valence-corrected chi connectivity index (χ2v) is 4.96. The quantitative estimate of drug-likeness (QED) is 0.744. The molecule has 1 aromatic rings. The summed E-state index contributed by atoms with van der Waals surface area (Å²) in [6, 6.07) is 6.46. The number of aromatic carboxylic acids is 1. The lowest BCUT2D eigenvalue weighted by Gasteiger charge is -2.31. The fourth-order valence-corrected chi connectivity index (χ4v) is 2.14. The molecule has 1 heterocycles. The lowest BCUT2D eigenvalue weighted by Crippen LogP contribution is -2.56. The van der Waals surface area contributed by atoms with Crippen LogP contribution in [0.4, 0.5) is 0 Å². The molecule has 6 nitrogen and oxygen atoms in total. The summed E-state index contributed by atoms with van der Waals surface area (Å²) >= 11 is 0. The lowest BCUT2D eigenvalue weighted by atomic mass is 9.90. The van der Waals surface area contributed by atoms with E-state index in [1.165, 1.54) is 12.1 Å². The molecule has 4 N–H and O–H groups in total. The molecule has 0 aliphatic carbocycles. The zero-order valence-corrected chi connectivity index (χ0v) is 11.1. The number of hydrogen-bond donors (Lipinski definition) is 3. The highest BCUT2D eigenvalue weighted by atomic mass is 16.5. The van der Waals surface area contributed by atoms with Gasteiger partial charge in [-0.25, -0.2) is 4.79 Å². The molecular formula is C14H18N2O4. The summed E-state index contributed by atoms with van der Waals surface area (Å²) in [4.78, 5) is 23.0. The Hall–Kier alpha value is -1.92. The van der Waals surface area contributed by atoms with Crippen LogP contribution in [0.5, 0.6) is 0 Å². The van der Waals surface area contributed by atoms with Crippen molar-refractivity contribution in [3.8, 4) is 0 Å². The van der Waals surface area contributed by atoms with Gasteiger partial charge in [-0.2, -0.15) is 0 Å². The average Bonchev–Trinajstić information content (AvgIpc) is 2.45. The minimum atomic E-state index is -0.988. The van der Waals surface area contributed by atoms with Gasteiger partial charge in [0.15, 0.2) is 0 Å². The highest BCUT2D eigenvalue weighted by Crippen LogP contribution is 2.18. The molecular weight excluding hydrogens is 260 g/mol. The molecule has 6 heteroatoms. The van der Waals surface area contributed by atoms with Gasteiger partial charge in [0.05, 0.1) is 11.1 Å². The van der Waals surface area contributed by atoms with E-state index in [2.05, 4.69) is 5.32 Å². The first-order valence-corrected chi connectivity index (χ1v) is 6.48. The van der Waals surface area contributed by atoms with Crippen LogP contribution >= 0.6 is 0 Å². The van der Waals surface area contributed by atoms with Gasteiger partial charge in [-0.1, -0.05) is 12.1 Å². The Morgan fingerprint density at radius 1 is 1.35 bits per heavy atom. The van der Waals surface area contributed by atoms with E-state index in [-0.39, 0.29) is 18.0 Å². The maximum atomic E-state index is 12.1. The van der Waals surface area contributed by atoms with Gasteiger partial charge in [0.2, 0.25) is 5.91 Å². The summed E-state index contributed by atoms with van der Waals surface area (Å²) in [5.41, 5.74) is 6.10. The molecule has 1 aliphatic heterocycles. The number of carboxylic acid groups (broad SMARTS) is 1. The van der Waals surface area contributed by atoms with Crippen molar-refractivity contribution in [2.75, 3.05) is 13.2 Å². The van der Waals surface area contributed by atoms with E-state index < -0.39 is 11.5 Å². The Balaban J connectivity index is 1.96. The van der Waals surface area contributed by atoms with Crippen molar-refractivity contribution in [2.45, 2.75) is 24.9 Å². The molecule has 0 atom stereocenters. The van der Waals surface area contributed by atoms with Crippen molar-refractivity contribution < 1.29 is 19.4 Å². The van der Waals surface area contributed by atoms with Crippen LogP contribution in [-0.4, -0.2) is 35.7 Å². The zero-order valence-electron chi connectivity index (χ0n) is 11.1. The average molecular weight is 278 g/mol. The molecule has 0 saturated carbocycles. The van der Waals surface area contributed by atoms with E-state index in [1.807, 2.05) is 0 Å². The summed E-state index contributed by atoms with van der Waals surface area (Å²) in [6.45, 7) is 1.23. The van der Waals surface area contributed by atoms with E-state index in [0.717, 1.165) is 5.56 Å². The minimum Gasteiger partial charge on any atom is -0.478 e. The molecule has 1 amide bonds. The summed E-state index contributed by atoms with van der Waals surface area (Å²) in [7, 11) is 0. The molecule has 2 rings (SSSR count). The van der Waals surface area contributed by atoms with Crippen molar-refractivity contribution in [3.05, 3.63) is 35.4 Å². The molecule has 108 valence electrons. The van der Waals surface area contributed by atoms with Gasteiger partial charge in [-0.3, -0.25) is 4.79 Å². The minimum absolute atomic E-state index is 0.199. The van der Waals surface area contributed by atoms with E-state index in [1.54, 1.807) is 12.1 Å². The molecule has 1 saturated heterocycles. The van der Waals surface area contributed by atoms with Gasteiger partial charge < -0.3 is 20.9 Å². The van der Waals surface area contributed by atoms with Crippen LogP contribution in [0.15, 0.2) is 24.3 Å². The standard InChI is InChI=1S/C14H18N2O4/c15-14(4-6-20-7-5-14)13(19)16-9-10-2-1-3-11(8-10)12(17)18/h1-3,8H,4-7,9,15H2,(H,16,19)(H,17,18). The van der Waals surface area contributed by atoms with Gasteiger partial charge >= 0.3 is 5.97 Å². The number of amides is 1. The third kappa shape index (κ3) is 3.34. The Kier molecular flexibility index (Phi) is 4.36. The maximum absolute atomic E-state index is 12.1. The highest BCUT2D eigenvalue weighted by Gasteiger charge is 2.35. The number of nitrogens with two attached hydrogens (primary N) is 1. The first-order chi connectivity index (χ1) is 9.51. The molecule has 1 aliphatic rings. The molecule has 1 aromatic carbocycles. The number of carboxylic acids is 1. The van der Waals surface area contributed by atoms with E-state index in [0.29, 0.717) is 26.1 Å². The van der Waals surface area contributed by atoms with Gasteiger partial charge in [0, 0.05) is 19.8 Å². The van der Waals surface area contributed by atoms with Gasteiger partial charge in [-0.15, -0.1) is 0 Å². The van der Waals surface area contributed by atoms with Crippen LogP contribution < -0.4 is 11.1 Å². The van der Waals surface area contributed by atoms with Crippen molar-refractivity contribution in [2.24, 2.45) is 5.73 Å². The number of ether oxygens (including phenoxy) is 1. The number of nitrogens with one attached hydrogen (secondary N) is 1. The number of benzene rings is 1. The largest absolute Gasteiger partial charge is 0.478 e. The summed E-state index contributed by atoms with van der Waals surface area (Å²) in [6.07, 6.45) is 0.988. The van der Waals surface area contributed by atoms with E-state index in [4.69, 9.17) is 15.6 Å². The third-order valence-corrected chi connectivity index (χ3v) is 3.46. The van der Waals surface area contributed by atoms with Crippen LogP contribution in [0, 0.1) is 0 Å². The van der Waals surface area contributed by atoms with E-state index in [9.17, 15) is 9.59 Å². The van der Waals surface area contributed by atoms with Crippen LogP contribution in [0.3, 0.4) is 0 Å². The number of hydrogen-bond acceptors (Lipinski definition) is 4. The molecule has 0 spiro atoms. The number of carbonyl (C=O) groups is 2. The Morgan fingerprint density at radius 2 is 2.05 bits per heavy atom. The van der Waals surface area contributed by atoms with E-state index >= 15 is 0 Å². The normalized spacial score (nSPS) is 17.4. The van der Waals surface area contributed by atoms with Crippen LogP contribution in [0.2, 0.25) is 0 Å². The van der Waals surface area contributed by atoms with Crippen molar-refractivity contribution >= 4 is 11.9 Å². The SMILES string of the molecule is NC1(C(=O)NCc2cccc(C(=O)O)c2)CCOCC1. The van der Waals surface area contributed by atoms with Gasteiger partial charge in [-0.05, 0) is 30.5 Å². The molecule has 1 fully saturated rings. The number of carbonyl (C=O) groups excluding carboxylic acids is 1.